The van der Waals surface area contributed by atoms with E-state index >= 15 is 0 Å². The largest absolute Gasteiger partial charge is 0.487 e. The Hall–Kier alpha value is -4.55. The monoisotopic (exact) mass is 846 g/mol. The SMILES string of the molecule is N#CC1(Cc2cccc(Br)n2)CCC(Oc2cccc(Cl)c2F)CC1.N#CC1(Cc2cccc(NC3=NCC=C3)n2)CCC(Oc2cccc(Cl)c2F)CC1. The Morgan fingerprint density at radius 1 is 0.727 bits per heavy atom. The molecule has 13 heteroatoms. The molecule has 0 saturated heterocycles. The molecule has 55 heavy (non-hydrogen) atoms. The summed E-state index contributed by atoms with van der Waals surface area (Å²) in [4.78, 5) is 13.4. The third-order valence-corrected chi connectivity index (χ3v) is 11.2. The fourth-order valence-electron chi connectivity index (χ4n) is 7.16. The van der Waals surface area contributed by atoms with Gasteiger partial charge in [0.05, 0.1) is 51.8 Å². The number of nitrogens with one attached hydrogen (secondary N) is 1. The molecule has 2 aliphatic carbocycles. The maximum absolute atomic E-state index is 14.1. The average Bonchev–Trinajstić information content (AvgIpc) is 3.70. The van der Waals surface area contributed by atoms with E-state index in [9.17, 15) is 19.3 Å². The number of benzene rings is 2. The van der Waals surface area contributed by atoms with Gasteiger partial charge in [0.2, 0.25) is 0 Å². The van der Waals surface area contributed by atoms with Crippen LogP contribution in [0, 0.1) is 45.1 Å². The van der Waals surface area contributed by atoms with Crippen LogP contribution in [0.5, 0.6) is 11.5 Å². The minimum absolute atomic E-state index is 0.0494. The summed E-state index contributed by atoms with van der Waals surface area (Å²) in [7, 11) is 0. The molecule has 0 atom stereocenters. The molecule has 0 spiro atoms. The van der Waals surface area contributed by atoms with Gasteiger partial charge in [-0.3, -0.25) is 4.99 Å². The Balaban J connectivity index is 0.000000190. The molecule has 284 valence electrons. The Morgan fingerprint density at radius 3 is 1.69 bits per heavy atom. The fraction of sp³-hybridized carbons (Fsp3) is 0.357. The topological polar surface area (TPSA) is 116 Å². The van der Waals surface area contributed by atoms with Gasteiger partial charge >= 0.3 is 0 Å². The van der Waals surface area contributed by atoms with Crippen molar-refractivity contribution in [1.29, 1.82) is 10.5 Å². The number of hydrogen-bond donors (Lipinski definition) is 1. The standard InChI is InChI=1S/C23H22ClFN4O.C19H17BrClFN2O/c24-18-5-2-6-19(22(18)25)30-17-9-11-23(15-26,12-10-17)14-16-4-1-7-21(28-16)29-20-8-3-13-27-20;20-17-6-1-3-13(24-17)11-19(12-23)9-7-14(8-10-19)25-16-5-2-4-15(21)18(16)22/h1-8,17H,9-14H2,(H,27,28,29);1-6,14H,7-11H2. The lowest BCUT2D eigenvalue weighted by atomic mass is 9.71. The van der Waals surface area contributed by atoms with E-state index in [0.717, 1.165) is 27.6 Å². The zero-order valence-electron chi connectivity index (χ0n) is 30.0. The predicted octanol–water partition coefficient (Wildman–Crippen LogP) is 11.0. The molecule has 0 unspecified atom stereocenters. The molecule has 2 fully saturated rings. The average molecular weight is 849 g/mol. The van der Waals surface area contributed by atoms with E-state index in [2.05, 4.69) is 48.3 Å². The number of nitrogens with zero attached hydrogens (tertiary/aromatic N) is 5. The normalized spacial score (nSPS) is 23.0. The first-order valence-corrected chi connectivity index (χ1v) is 19.7. The molecule has 3 aliphatic rings. The summed E-state index contributed by atoms with van der Waals surface area (Å²) >= 11 is 15.0. The van der Waals surface area contributed by atoms with E-state index in [4.69, 9.17) is 32.7 Å². The molecule has 1 N–H and O–H groups in total. The molecule has 0 bridgehead atoms. The maximum Gasteiger partial charge on any atom is 0.183 e. The highest BCUT2D eigenvalue weighted by Crippen LogP contribution is 2.42. The first-order valence-electron chi connectivity index (χ1n) is 18.2. The van der Waals surface area contributed by atoms with Crippen LogP contribution in [0.15, 0.2) is 94.5 Å². The minimum Gasteiger partial charge on any atom is -0.487 e. The zero-order chi connectivity index (χ0) is 38.8. The summed E-state index contributed by atoms with van der Waals surface area (Å²) in [6.45, 7) is 0.682. The van der Waals surface area contributed by atoms with Crippen molar-refractivity contribution in [1.82, 2.24) is 9.97 Å². The molecular formula is C42H39BrCl2F2N6O2. The Kier molecular flexibility index (Phi) is 13.4. The van der Waals surface area contributed by atoms with Crippen molar-refractivity contribution in [2.45, 2.75) is 76.4 Å². The third-order valence-electron chi connectivity index (χ3n) is 10.2. The lowest BCUT2D eigenvalue weighted by Gasteiger charge is -2.35. The molecule has 2 saturated carbocycles. The van der Waals surface area contributed by atoms with Crippen molar-refractivity contribution in [3.05, 3.63) is 123 Å². The highest BCUT2D eigenvalue weighted by atomic mass is 79.9. The predicted molar refractivity (Wildman–Crippen MR) is 213 cm³/mol. The molecule has 0 radical (unpaired) electrons. The van der Waals surface area contributed by atoms with Gasteiger partial charge in [-0.1, -0.05) is 53.5 Å². The van der Waals surface area contributed by atoms with Gasteiger partial charge in [0, 0.05) is 24.2 Å². The lowest BCUT2D eigenvalue weighted by Crippen LogP contribution is -2.33. The Morgan fingerprint density at radius 2 is 1.22 bits per heavy atom. The number of nitriles is 2. The van der Waals surface area contributed by atoms with Crippen LogP contribution in [0.3, 0.4) is 0 Å². The van der Waals surface area contributed by atoms with Crippen LogP contribution < -0.4 is 14.8 Å². The van der Waals surface area contributed by atoms with Crippen LogP contribution in [-0.2, 0) is 12.8 Å². The van der Waals surface area contributed by atoms with Gasteiger partial charge in [0.15, 0.2) is 23.1 Å². The van der Waals surface area contributed by atoms with E-state index in [0.29, 0.717) is 70.8 Å². The second kappa shape index (κ2) is 18.4. The van der Waals surface area contributed by atoms with E-state index in [1.807, 2.05) is 48.6 Å². The van der Waals surface area contributed by atoms with Crippen LogP contribution in [0.2, 0.25) is 10.0 Å². The first kappa shape index (κ1) is 40.1. The summed E-state index contributed by atoms with van der Waals surface area (Å²) in [5.74, 6) is 0.794. The van der Waals surface area contributed by atoms with E-state index < -0.39 is 22.5 Å². The number of ether oxygens (including phenoxy) is 2. The van der Waals surface area contributed by atoms with Crippen molar-refractivity contribution in [3.63, 3.8) is 0 Å². The highest BCUT2D eigenvalue weighted by Gasteiger charge is 2.38. The number of aromatic nitrogens is 2. The number of pyridine rings is 2. The van der Waals surface area contributed by atoms with Gasteiger partial charge in [-0.25, -0.2) is 18.7 Å². The van der Waals surface area contributed by atoms with Crippen molar-refractivity contribution < 1.29 is 18.3 Å². The van der Waals surface area contributed by atoms with Crippen molar-refractivity contribution in [2.75, 3.05) is 11.9 Å². The van der Waals surface area contributed by atoms with Gasteiger partial charge in [-0.2, -0.15) is 10.5 Å². The molecule has 2 aromatic heterocycles. The summed E-state index contributed by atoms with van der Waals surface area (Å²) in [6.07, 6.45) is 10.4. The summed E-state index contributed by atoms with van der Waals surface area (Å²) < 4.78 is 40.5. The molecule has 0 amide bonds. The van der Waals surface area contributed by atoms with Crippen LogP contribution in [0.25, 0.3) is 0 Å². The quantitative estimate of drug-likeness (QED) is 0.167. The Bertz CT molecular complexity index is 2120. The summed E-state index contributed by atoms with van der Waals surface area (Å²) in [5, 5.41) is 22.9. The highest BCUT2D eigenvalue weighted by molar-refractivity contribution is 9.10. The molecule has 1 aliphatic heterocycles. The third kappa shape index (κ3) is 10.6. The number of halogens is 5. The molecule has 4 aromatic rings. The van der Waals surface area contributed by atoms with Crippen LogP contribution in [0.1, 0.15) is 62.8 Å². The molecule has 2 aromatic carbocycles. The summed E-state index contributed by atoms with van der Waals surface area (Å²) in [5.41, 5.74) is 0.824. The summed E-state index contributed by atoms with van der Waals surface area (Å²) in [6, 6.07) is 26.0. The number of anilines is 1. The fourth-order valence-corrected chi connectivity index (χ4v) is 7.87. The smallest absolute Gasteiger partial charge is 0.183 e. The van der Waals surface area contributed by atoms with E-state index in [-0.39, 0.29) is 33.8 Å². The van der Waals surface area contributed by atoms with E-state index in [1.54, 1.807) is 24.3 Å². The van der Waals surface area contributed by atoms with Crippen LogP contribution >= 0.6 is 39.1 Å². The van der Waals surface area contributed by atoms with Crippen molar-refractivity contribution in [3.8, 4) is 23.6 Å². The van der Waals surface area contributed by atoms with E-state index in [1.165, 1.54) is 12.1 Å². The number of amidine groups is 1. The van der Waals surface area contributed by atoms with Gasteiger partial charge < -0.3 is 14.8 Å². The molecule has 3 heterocycles. The van der Waals surface area contributed by atoms with Crippen molar-refractivity contribution >= 4 is 50.8 Å². The number of hydrogen-bond acceptors (Lipinski definition) is 8. The zero-order valence-corrected chi connectivity index (χ0v) is 33.1. The van der Waals surface area contributed by atoms with Gasteiger partial charge in [0.25, 0.3) is 0 Å². The second-order valence-electron chi connectivity index (χ2n) is 14.1. The van der Waals surface area contributed by atoms with Crippen LogP contribution in [0.4, 0.5) is 14.6 Å². The van der Waals surface area contributed by atoms with Crippen LogP contribution in [-0.4, -0.2) is 34.6 Å². The number of aliphatic imine (C=N–C) groups is 1. The van der Waals surface area contributed by atoms with Crippen molar-refractivity contribution in [2.24, 2.45) is 15.8 Å². The lowest BCUT2D eigenvalue weighted by molar-refractivity contribution is 0.102. The molecule has 7 rings (SSSR count). The maximum atomic E-state index is 14.1. The van der Waals surface area contributed by atoms with Gasteiger partial charge in [-0.05, 0) is 122 Å². The minimum atomic E-state index is -0.536. The molecule has 8 nitrogen and oxygen atoms in total. The van der Waals surface area contributed by atoms with Gasteiger partial charge in [0.1, 0.15) is 16.3 Å². The Labute approximate surface area is 338 Å². The van der Waals surface area contributed by atoms with Gasteiger partial charge in [-0.15, -0.1) is 0 Å². The molecular weight excluding hydrogens is 809 g/mol. The second-order valence-corrected chi connectivity index (χ2v) is 15.7. The first-order chi connectivity index (χ1) is 26.6. The number of rotatable bonds is 9.